The molecule has 0 amide bonds. The highest BCUT2D eigenvalue weighted by Crippen LogP contribution is 2.32. The summed E-state index contributed by atoms with van der Waals surface area (Å²) in [4.78, 5) is 0. The molecule has 2 rings (SSSR count). The number of halogens is 4. The molecule has 0 radical (unpaired) electrons. The van der Waals surface area contributed by atoms with Gasteiger partial charge in [-0.15, -0.1) is 0 Å². The lowest BCUT2D eigenvalue weighted by molar-refractivity contribution is 0.529. The van der Waals surface area contributed by atoms with Crippen molar-refractivity contribution in [3.05, 3.63) is 68.1 Å². The highest BCUT2D eigenvalue weighted by atomic mass is 79.9. The molecule has 19 heavy (non-hydrogen) atoms. The summed E-state index contributed by atoms with van der Waals surface area (Å²) in [5.74, 6) is 4.56. The van der Waals surface area contributed by atoms with Crippen LogP contribution in [0.1, 0.15) is 17.2 Å². The molecule has 0 fully saturated rings. The number of benzene rings is 2. The summed E-state index contributed by atoms with van der Waals surface area (Å²) in [6, 6.07) is 8.21. The third kappa shape index (κ3) is 3.02. The minimum atomic E-state index is -0.784. The molecule has 2 aromatic rings. The molecule has 0 bridgehead atoms. The predicted octanol–water partition coefficient (Wildman–Crippen LogP) is 4.04. The zero-order chi connectivity index (χ0) is 14.0. The predicted molar refractivity (Wildman–Crippen MR) is 77.4 cm³/mol. The highest BCUT2D eigenvalue weighted by molar-refractivity contribution is 9.10. The molecule has 0 aliphatic rings. The van der Waals surface area contributed by atoms with Crippen LogP contribution in [-0.2, 0) is 0 Å². The lowest BCUT2D eigenvalue weighted by Gasteiger charge is -2.20. The molecule has 0 spiro atoms. The summed E-state index contributed by atoms with van der Waals surface area (Å²) in [6.45, 7) is 0. The SMILES string of the molecule is NNC(c1cc(Br)ccc1F)c1c(F)cccc1Br. The second-order valence-electron chi connectivity index (χ2n) is 3.90. The molecule has 100 valence electrons. The van der Waals surface area contributed by atoms with Gasteiger partial charge in [0.15, 0.2) is 0 Å². The minimum Gasteiger partial charge on any atom is -0.271 e. The first-order valence-electron chi connectivity index (χ1n) is 5.39. The van der Waals surface area contributed by atoms with Gasteiger partial charge in [-0.2, -0.15) is 0 Å². The van der Waals surface area contributed by atoms with Crippen molar-refractivity contribution in [2.24, 2.45) is 5.84 Å². The largest absolute Gasteiger partial charge is 0.271 e. The average molecular weight is 392 g/mol. The Bertz CT molecular complexity index is 585. The van der Waals surface area contributed by atoms with Crippen molar-refractivity contribution in [1.29, 1.82) is 0 Å². The van der Waals surface area contributed by atoms with E-state index >= 15 is 0 Å². The Morgan fingerprint density at radius 3 is 2.42 bits per heavy atom. The lowest BCUT2D eigenvalue weighted by Crippen LogP contribution is -2.30. The molecule has 1 unspecified atom stereocenters. The Morgan fingerprint density at radius 2 is 1.79 bits per heavy atom. The number of rotatable bonds is 3. The van der Waals surface area contributed by atoms with Gasteiger partial charge in [0.05, 0.1) is 6.04 Å². The first-order valence-corrected chi connectivity index (χ1v) is 6.98. The molecule has 3 N–H and O–H groups in total. The van der Waals surface area contributed by atoms with Crippen molar-refractivity contribution in [3.8, 4) is 0 Å². The minimum absolute atomic E-state index is 0.266. The fraction of sp³-hybridized carbons (Fsp3) is 0.0769. The van der Waals surface area contributed by atoms with Crippen molar-refractivity contribution >= 4 is 31.9 Å². The van der Waals surface area contributed by atoms with E-state index in [0.29, 0.717) is 8.95 Å². The van der Waals surface area contributed by atoms with Crippen molar-refractivity contribution in [1.82, 2.24) is 5.43 Å². The molecule has 0 aliphatic carbocycles. The van der Waals surface area contributed by atoms with E-state index in [1.807, 2.05) is 0 Å². The van der Waals surface area contributed by atoms with Crippen LogP contribution in [0.5, 0.6) is 0 Å². The van der Waals surface area contributed by atoms with Gasteiger partial charge in [0.25, 0.3) is 0 Å². The van der Waals surface area contributed by atoms with Gasteiger partial charge in [-0.25, -0.2) is 14.2 Å². The quantitative estimate of drug-likeness (QED) is 0.612. The summed E-state index contributed by atoms with van der Waals surface area (Å²) < 4.78 is 29.1. The van der Waals surface area contributed by atoms with E-state index in [1.54, 1.807) is 24.3 Å². The number of nitrogens with two attached hydrogens (primary N) is 1. The second-order valence-corrected chi connectivity index (χ2v) is 5.67. The van der Waals surface area contributed by atoms with E-state index < -0.39 is 17.7 Å². The van der Waals surface area contributed by atoms with Gasteiger partial charge in [-0.05, 0) is 30.3 Å². The van der Waals surface area contributed by atoms with E-state index in [-0.39, 0.29) is 11.1 Å². The van der Waals surface area contributed by atoms with Crippen molar-refractivity contribution in [2.75, 3.05) is 0 Å². The van der Waals surface area contributed by atoms with Crippen molar-refractivity contribution < 1.29 is 8.78 Å². The molecule has 2 aromatic carbocycles. The maximum absolute atomic E-state index is 13.9. The maximum Gasteiger partial charge on any atom is 0.129 e. The van der Waals surface area contributed by atoms with Crippen LogP contribution in [0.2, 0.25) is 0 Å². The molecule has 0 heterocycles. The molecular formula is C13H10Br2F2N2. The molecule has 1 atom stereocenters. The Labute approximate surface area is 126 Å². The number of hydrogen-bond acceptors (Lipinski definition) is 2. The van der Waals surface area contributed by atoms with Gasteiger partial charge in [0, 0.05) is 20.1 Å². The Kier molecular flexibility index (Phi) is 4.67. The van der Waals surface area contributed by atoms with Crippen LogP contribution < -0.4 is 11.3 Å². The van der Waals surface area contributed by atoms with E-state index in [2.05, 4.69) is 37.3 Å². The van der Waals surface area contributed by atoms with Crippen molar-refractivity contribution in [2.45, 2.75) is 6.04 Å². The van der Waals surface area contributed by atoms with Crippen LogP contribution >= 0.6 is 31.9 Å². The number of hydrazine groups is 1. The van der Waals surface area contributed by atoms with Gasteiger partial charge < -0.3 is 0 Å². The number of nitrogens with one attached hydrogen (secondary N) is 1. The topological polar surface area (TPSA) is 38.0 Å². The van der Waals surface area contributed by atoms with E-state index in [9.17, 15) is 8.78 Å². The summed E-state index contributed by atoms with van der Waals surface area (Å²) in [5, 5.41) is 0. The Balaban J connectivity index is 2.59. The lowest BCUT2D eigenvalue weighted by atomic mass is 9.98. The average Bonchev–Trinajstić information content (AvgIpc) is 2.37. The Morgan fingerprint density at radius 1 is 1.05 bits per heavy atom. The summed E-state index contributed by atoms with van der Waals surface area (Å²) in [6.07, 6.45) is 0. The molecule has 0 aromatic heterocycles. The third-order valence-electron chi connectivity index (χ3n) is 2.72. The monoisotopic (exact) mass is 390 g/mol. The number of hydrogen-bond donors (Lipinski definition) is 2. The smallest absolute Gasteiger partial charge is 0.129 e. The highest BCUT2D eigenvalue weighted by Gasteiger charge is 2.22. The van der Waals surface area contributed by atoms with Gasteiger partial charge in [0.2, 0.25) is 0 Å². The van der Waals surface area contributed by atoms with Gasteiger partial charge in [0.1, 0.15) is 11.6 Å². The van der Waals surface area contributed by atoms with E-state index in [1.165, 1.54) is 12.1 Å². The normalized spacial score (nSPS) is 12.5. The van der Waals surface area contributed by atoms with Crippen LogP contribution in [0.3, 0.4) is 0 Å². The molecule has 0 aliphatic heterocycles. The molecule has 0 saturated heterocycles. The Hall–Kier alpha value is -0.820. The third-order valence-corrected chi connectivity index (χ3v) is 3.91. The van der Waals surface area contributed by atoms with Crippen molar-refractivity contribution in [3.63, 3.8) is 0 Å². The van der Waals surface area contributed by atoms with Crippen LogP contribution in [0.4, 0.5) is 8.78 Å². The summed E-state index contributed by atoms with van der Waals surface area (Å²) >= 11 is 6.52. The van der Waals surface area contributed by atoms with Gasteiger partial charge in [-0.3, -0.25) is 5.84 Å². The maximum atomic E-state index is 13.9. The van der Waals surface area contributed by atoms with Crippen LogP contribution in [-0.4, -0.2) is 0 Å². The second kappa shape index (κ2) is 6.09. The van der Waals surface area contributed by atoms with Crippen LogP contribution in [0.15, 0.2) is 45.3 Å². The zero-order valence-corrected chi connectivity index (χ0v) is 12.8. The zero-order valence-electron chi connectivity index (χ0n) is 9.63. The fourth-order valence-electron chi connectivity index (χ4n) is 1.85. The van der Waals surface area contributed by atoms with Gasteiger partial charge in [-0.1, -0.05) is 37.9 Å². The molecular weight excluding hydrogens is 382 g/mol. The fourth-order valence-corrected chi connectivity index (χ4v) is 2.80. The molecule has 0 saturated carbocycles. The van der Waals surface area contributed by atoms with Crippen LogP contribution in [0.25, 0.3) is 0 Å². The first-order chi connectivity index (χ1) is 9.04. The van der Waals surface area contributed by atoms with E-state index in [0.717, 1.165) is 0 Å². The van der Waals surface area contributed by atoms with Crippen LogP contribution in [0, 0.1) is 11.6 Å². The first kappa shape index (κ1) is 14.6. The molecule has 2 nitrogen and oxygen atoms in total. The van der Waals surface area contributed by atoms with Gasteiger partial charge >= 0.3 is 0 Å². The standard InChI is InChI=1S/C13H10Br2F2N2/c14-7-4-5-10(16)8(6-7)13(19-18)12-9(15)2-1-3-11(12)17/h1-6,13,19H,18H2. The van der Waals surface area contributed by atoms with E-state index in [4.69, 9.17) is 5.84 Å². The summed E-state index contributed by atoms with van der Waals surface area (Å²) in [7, 11) is 0. The molecule has 6 heteroatoms. The summed E-state index contributed by atoms with van der Waals surface area (Å²) in [5.41, 5.74) is 2.99.